The third kappa shape index (κ3) is 7.56. The van der Waals surface area contributed by atoms with Crippen LogP contribution in [0.15, 0.2) is 231 Å². The minimum atomic E-state index is 0.0271. The van der Waals surface area contributed by atoms with Gasteiger partial charge in [-0.15, -0.1) is 0 Å². The number of benzene rings is 12. The Kier molecular flexibility index (Phi) is 11.2. The average molecular weight is 1080 g/mol. The molecule has 0 saturated heterocycles. The number of fused-ring (bicyclic) bond motifs is 9. The number of rotatable bonds is 6. The first-order valence-corrected chi connectivity index (χ1v) is 29.7. The van der Waals surface area contributed by atoms with E-state index in [0.717, 1.165) is 11.4 Å². The second-order valence-corrected chi connectivity index (χ2v) is 24.3. The Morgan fingerprint density at radius 3 is 0.964 bits per heavy atom. The minimum absolute atomic E-state index is 0.0271. The summed E-state index contributed by atoms with van der Waals surface area (Å²) >= 11 is 0. The molecule has 0 saturated carbocycles. The predicted molar refractivity (Wildman–Crippen MR) is 361 cm³/mol. The van der Waals surface area contributed by atoms with E-state index in [2.05, 4.69) is 306 Å². The zero-order chi connectivity index (χ0) is 56.8. The Hall–Kier alpha value is -9.77. The first-order chi connectivity index (χ1) is 40.9. The summed E-state index contributed by atoms with van der Waals surface area (Å²) in [5.74, 6) is 0. The fourth-order valence-corrected chi connectivity index (χ4v) is 14.9. The maximum atomic E-state index is 2.55. The molecule has 0 bridgehead atoms. The molecular formula is C78H62B2N4. The van der Waals surface area contributed by atoms with Crippen LogP contribution in [0.2, 0.25) is 0 Å². The molecular weight excluding hydrogens is 1010 g/mol. The molecule has 0 atom stereocenters. The summed E-state index contributed by atoms with van der Waals surface area (Å²) in [7, 11) is 0. The lowest BCUT2D eigenvalue weighted by atomic mass is 9.33. The Balaban J connectivity index is 0.885. The number of nitrogens with zero attached hydrogens (tertiary/aromatic N) is 4. The highest BCUT2D eigenvalue weighted by atomic mass is 15.2. The third-order valence-electron chi connectivity index (χ3n) is 18.5. The lowest BCUT2D eigenvalue weighted by Gasteiger charge is -2.44. The highest BCUT2D eigenvalue weighted by molar-refractivity contribution is 7.01. The number of para-hydroxylation sites is 2. The van der Waals surface area contributed by atoms with E-state index in [1.54, 1.807) is 0 Å². The Morgan fingerprint density at radius 2 is 0.583 bits per heavy atom. The van der Waals surface area contributed by atoms with Gasteiger partial charge in [-0.05, 0) is 241 Å². The lowest BCUT2D eigenvalue weighted by Crippen LogP contribution is -2.61. The van der Waals surface area contributed by atoms with Crippen LogP contribution < -0.4 is 52.4 Å². The van der Waals surface area contributed by atoms with E-state index < -0.39 is 0 Å². The van der Waals surface area contributed by atoms with Gasteiger partial charge in [0, 0.05) is 68.2 Å². The van der Waals surface area contributed by atoms with Crippen LogP contribution in [0.5, 0.6) is 0 Å². The molecule has 6 heteroatoms. The summed E-state index contributed by atoms with van der Waals surface area (Å²) in [4.78, 5) is 10.1. The van der Waals surface area contributed by atoms with E-state index in [9.17, 15) is 0 Å². The van der Waals surface area contributed by atoms with Gasteiger partial charge in [-0.2, -0.15) is 0 Å². The van der Waals surface area contributed by atoms with Gasteiger partial charge >= 0.3 is 0 Å². The fraction of sp³-hybridized carbons (Fsp3) is 0.103. The first kappa shape index (κ1) is 50.0. The molecule has 4 heterocycles. The maximum Gasteiger partial charge on any atom is 0.252 e. The highest BCUT2D eigenvalue weighted by Crippen LogP contribution is 2.49. The summed E-state index contributed by atoms with van der Waals surface area (Å²) in [6, 6.07) is 88.1. The topological polar surface area (TPSA) is 13.0 Å². The zero-order valence-corrected chi connectivity index (χ0v) is 48.9. The fourth-order valence-electron chi connectivity index (χ4n) is 14.9. The average Bonchev–Trinajstić information content (AvgIpc) is 0.892. The zero-order valence-electron chi connectivity index (χ0n) is 48.9. The number of hydrogen-bond donors (Lipinski definition) is 0. The van der Waals surface area contributed by atoms with Crippen molar-refractivity contribution in [2.75, 3.05) is 19.6 Å². The van der Waals surface area contributed by atoms with E-state index in [1.807, 2.05) is 0 Å². The van der Waals surface area contributed by atoms with E-state index in [4.69, 9.17) is 0 Å². The van der Waals surface area contributed by atoms with Crippen molar-refractivity contribution in [3.05, 3.63) is 275 Å². The van der Waals surface area contributed by atoms with Crippen LogP contribution in [0, 0.1) is 55.4 Å². The lowest BCUT2D eigenvalue weighted by molar-refractivity contribution is 1.23. The highest BCUT2D eigenvalue weighted by Gasteiger charge is 2.46. The molecule has 16 rings (SSSR count). The number of hydrogen-bond acceptors (Lipinski definition) is 4. The molecule has 4 aliphatic heterocycles. The predicted octanol–water partition coefficient (Wildman–Crippen LogP) is 16.8. The smallest absolute Gasteiger partial charge is 0.252 e. The normalized spacial score (nSPS) is 13.3. The van der Waals surface area contributed by atoms with E-state index in [0.29, 0.717) is 0 Å². The molecule has 0 aliphatic carbocycles. The number of anilines is 12. The maximum absolute atomic E-state index is 2.55. The van der Waals surface area contributed by atoms with Crippen molar-refractivity contribution in [1.29, 1.82) is 0 Å². The van der Waals surface area contributed by atoms with E-state index in [1.165, 1.54) is 167 Å². The molecule has 0 spiro atoms. The molecule has 400 valence electrons. The molecule has 12 aromatic carbocycles. The molecule has 84 heavy (non-hydrogen) atoms. The van der Waals surface area contributed by atoms with Crippen LogP contribution in [0.25, 0.3) is 33.0 Å². The Labute approximate surface area is 494 Å². The Morgan fingerprint density at radius 1 is 0.238 bits per heavy atom. The van der Waals surface area contributed by atoms with Gasteiger partial charge in [0.05, 0.1) is 0 Å². The molecule has 0 aromatic heterocycles. The van der Waals surface area contributed by atoms with Crippen LogP contribution in [0.4, 0.5) is 68.2 Å². The first-order valence-electron chi connectivity index (χ1n) is 29.7. The summed E-state index contributed by atoms with van der Waals surface area (Å²) in [6.45, 7) is 18.0. The van der Waals surface area contributed by atoms with Gasteiger partial charge in [0.25, 0.3) is 13.4 Å². The van der Waals surface area contributed by atoms with Crippen molar-refractivity contribution in [2.24, 2.45) is 0 Å². The van der Waals surface area contributed by atoms with Crippen LogP contribution in [-0.2, 0) is 0 Å². The Bertz CT molecular complexity index is 4420. The van der Waals surface area contributed by atoms with Crippen molar-refractivity contribution in [1.82, 2.24) is 0 Å². The second kappa shape index (κ2) is 18.9. The molecule has 0 unspecified atom stereocenters. The van der Waals surface area contributed by atoms with Gasteiger partial charge in [-0.25, -0.2) is 0 Å². The van der Waals surface area contributed by atoms with Crippen LogP contribution >= 0.6 is 0 Å². The van der Waals surface area contributed by atoms with Crippen molar-refractivity contribution in [3.63, 3.8) is 0 Å². The van der Waals surface area contributed by atoms with Crippen LogP contribution in [0.3, 0.4) is 0 Å². The van der Waals surface area contributed by atoms with Crippen molar-refractivity contribution < 1.29 is 0 Å². The van der Waals surface area contributed by atoms with Crippen LogP contribution in [-0.4, -0.2) is 13.4 Å². The minimum Gasteiger partial charge on any atom is -0.311 e. The SMILES string of the molecule is Cc1ccc(N2c3ccc(C)cc3B3c4ccc(-c5c(C)ccc6c(-c7ccc8c(c7)N(c7ccccc7)c7cc(C)cc9c7B8c7cc(C)ccc7N9c7ccc(C)cc7)c(C)ccc56)cc4N(c4ccccc4)c4cc(C)cc2c43)cc1. The van der Waals surface area contributed by atoms with E-state index in [-0.39, 0.29) is 13.4 Å². The monoisotopic (exact) mass is 1080 g/mol. The van der Waals surface area contributed by atoms with Gasteiger partial charge in [-0.1, -0.05) is 156 Å². The van der Waals surface area contributed by atoms with E-state index >= 15 is 0 Å². The summed E-state index contributed by atoms with van der Waals surface area (Å²) in [5, 5.41) is 2.50. The van der Waals surface area contributed by atoms with Gasteiger partial charge in [0.2, 0.25) is 0 Å². The summed E-state index contributed by atoms with van der Waals surface area (Å²) < 4.78 is 0. The van der Waals surface area contributed by atoms with Crippen molar-refractivity contribution in [2.45, 2.75) is 55.4 Å². The van der Waals surface area contributed by atoms with Gasteiger partial charge < -0.3 is 19.6 Å². The van der Waals surface area contributed by atoms with Crippen LogP contribution in [0.1, 0.15) is 44.5 Å². The molecule has 4 aliphatic rings. The van der Waals surface area contributed by atoms with Gasteiger partial charge in [0.1, 0.15) is 0 Å². The van der Waals surface area contributed by atoms with Gasteiger partial charge in [0.15, 0.2) is 0 Å². The van der Waals surface area contributed by atoms with Crippen molar-refractivity contribution >= 4 is 125 Å². The quantitative estimate of drug-likeness (QED) is 0.154. The molecule has 0 fully saturated rings. The summed E-state index contributed by atoms with van der Waals surface area (Å²) in [6.07, 6.45) is 0. The third-order valence-corrected chi connectivity index (χ3v) is 18.5. The largest absolute Gasteiger partial charge is 0.311 e. The summed E-state index contributed by atoms with van der Waals surface area (Å²) in [5.41, 5.74) is 37.3. The molecule has 4 nitrogen and oxygen atoms in total. The second-order valence-electron chi connectivity index (χ2n) is 24.3. The molecule has 12 aromatic rings. The van der Waals surface area contributed by atoms with Crippen molar-refractivity contribution in [3.8, 4) is 22.3 Å². The van der Waals surface area contributed by atoms with Gasteiger partial charge in [-0.3, -0.25) is 0 Å². The molecule has 0 amide bonds. The molecule has 0 N–H and O–H groups in total. The molecule has 0 radical (unpaired) electrons. The standard InChI is InChI=1S/C78H62B2N4/c1-47-19-29-59(30-20-47)81-67-37-23-49(3)39-65(67)79-63-35-27-55(45-69(63)83(57-15-11-9-12-16-57)73-43-51(5)41-71(81)77(73)79)75-53(7)25-34-62-61(75)33-26-54(8)76(62)56-28-36-64-70(46-56)84(58-17-13-10-14-18-58)74-44-52(6)42-72-78(74)80(64)66-40-50(4)24-38-68(66)82(72)60-31-21-48(2)22-32-60/h9-46H,1-8H3. The number of aryl methyl sites for hydroxylation is 8.